The van der Waals surface area contributed by atoms with E-state index in [1.54, 1.807) is 0 Å². The van der Waals surface area contributed by atoms with E-state index >= 15 is 0 Å². The first-order valence-electron chi connectivity index (χ1n) is 7.01. The minimum absolute atomic E-state index is 0.509. The van der Waals surface area contributed by atoms with Crippen LogP contribution in [0.5, 0.6) is 0 Å². The van der Waals surface area contributed by atoms with Crippen molar-refractivity contribution in [3.63, 3.8) is 0 Å². The van der Waals surface area contributed by atoms with Gasteiger partial charge in [-0.25, -0.2) is 0 Å². The second kappa shape index (κ2) is 6.88. The first kappa shape index (κ1) is 13.5. The Hall–Kier alpha value is -0.900. The van der Waals surface area contributed by atoms with Crippen molar-refractivity contribution in [2.45, 2.75) is 13.0 Å². The molecule has 1 aromatic carbocycles. The number of likely N-dealkylation sites (N-methyl/N-ethyl adjacent to an activating group) is 2. The van der Waals surface area contributed by atoms with Gasteiger partial charge in [-0.15, -0.1) is 0 Å². The fourth-order valence-electron chi connectivity index (χ4n) is 2.72. The summed E-state index contributed by atoms with van der Waals surface area (Å²) in [6.45, 7) is 9.20. The van der Waals surface area contributed by atoms with Crippen LogP contribution in [0, 0.1) is 0 Å². The van der Waals surface area contributed by atoms with Gasteiger partial charge in [-0.1, -0.05) is 37.3 Å². The van der Waals surface area contributed by atoms with Crippen LogP contribution in [0.1, 0.15) is 18.5 Å². The number of nitrogens with zero attached hydrogens (tertiary/aromatic N) is 2. The van der Waals surface area contributed by atoms with Gasteiger partial charge < -0.3 is 10.2 Å². The van der Waals surface area contributed by atoms with Gasteiger partial charge in [0.1, 0.15) is 0 Å². The van der Waals surface area contributed by atoms with Gasteiger partial charge in [0.2, 0.25) is 0 Å². The summed E-state index contributed by atoms with van der Waals surface area (Å²) in [5.41, 5.74) is 1.43. The molecule has 3 heteroatoms. The molecule has 1 aliphatic rings. The summed E-state index contributed by atoms with van der Waals surface area (Å²) >= 11 is 0. The summed E-state index contributed by atoms with van der Waals surface area (Å²) in [4.78, 5) is 5.13. The second-order valence-electron chi connectivity index (χ2n) is 4.95. The fraction of sp³-hybridized carbons (Fsp3) is 0.600. The highest BCUT2D eigenvalue weighted by atomic mass is 15.3. The van der Waals surface area contributed by atoms with E-state index in [1.807, 2.05) is 7.05 Å². The minimum atomic E-state index is 0.509. The van der Waals surface area contributed by atoms with Crippen LogP contribution in [0.3, 0.4) is 0 Å². The second-order valence-corrected chi connectivity index (χ2v) is 4.95. The van der Waals surface area contributed by atoms with Crippen molar-refractivity contribution in [3.05, 3.63) is 35.9 Å². The largest absolute Gasteiger partial charge is 0.318 e. The van der Waals surface area contributed by atoms with Gasteiger partial charge in [-0.3, -0.25) is 4.90 Å². The number of benzene rings is 1. The Labute approximate surface area is 111 Å². The van der Waals surface area contributed by atoms with Gasteiger partial charge in [-0.2, -0.15) is 0 Å². The predicted molar refractivity (Wildman–Crippen MR) is 76.8 cm³/mol. The van der Waals surface area contributed by atoms with Crippen molar-refractivity contribution in [2.75, 3.05) is 46.3 Å². The highest BCUT2D eigenvalue weighted by Crippen LogP contribution is 2.21. The predicted octanol–water partition coefficient (Wildman–Crippen LogP) is 1.58. The molecule has 1 saturated heterocycles. The first-order valence-corrected chi connectivity index (χ1v) is 7.01. The Morgan fingerprint density at radius 1 is 1.11 bits per heavy atom. The maximum atomic E-state index is 3.33. The van der Waals surface area contributed by atoms with Crippen molar-refractivity contribution in [2.24, 2.45) is 0 Å². The van der Waals surface area contributed by atoms with Gasteiger partial charge in [0.15, 0.2) is 0 Å². The third-order valence-corrected chi connectivity index (χ3v) is 3.88. The smallest absolute Gasteiger partial charge is 0.0473 e. The molecule has 1 unspecified atom stereocenters. The van der Waals surface area contributed by atoms with Crippen LogP contribution in [0.25, 0.3) is 0 Å². The van der Waals surface area contributed by atoms with E-state index in [0.29, 0.717) is 6.04 Å². The van der Waals surface area contributed by atoms with E-state index in [-0.39, 0.29) is 0 Å². The SMILES string of the molecule is CCN1CCN(C(CNC)c2ccccc2)CC1. The lowest BCUT2D eigenvalue weighted by molar-refractivity contribution is 0.0991. The standard InChI is InChI=1S/C15H25N3/c1-3-17-9-11-18(12-10-17)15(13-16-2)14-7-5-4-6-8-14/h4-8,15-16H,3,9-13H2,1-2H3. The normalized spacial score (nSPS) is 19.9. The molecule has 1 aromatic rings. The van der Waals surface area contributed by atoms with E-state index in [9.17, 15) is 0 Å². The molecule has 100 valence electrons. The maximum absolute atomic E-state index is 3.33. The van der Waals surface area contributed by atoms with E-state index in [2.05, 4.69) is 52.4 Å². The minimum Gasteiger partial charge on any atom is -0.318 e. The summed E-state index contributed by atoms with van der Waals surface area (Å²) in [6, 6.07) is 11.4. The molecule has 0 amide bonds. The zero-order chi connectivity index (χ0) is 12.8. The average molecular weight is 247 g/mol. The van der Waals surface area contributed by atoms with Crippen molar-refractivity contribution in [1.82, 2.24) is 15.1 Å². The number of rotatable bonds is 5. The number of piperazine rings is 1. The summed E-state index contributed by atoms with van der Waals surface area (Å²) in [7, 11) is 2.04. The number of hydrogen-bond donors (Lipinski definition) is 1. The van der Waals surface area contributed by atoms with Crippen LogP contribution in [-0.2, 0) is 0 Å². The number of hydrogen-bond acceptors (Lipinski definition) is 3. The van der Waals surface area contributed by atoms with Crippen molar-refractivity contribution in [3.8, 4) is 0 Å². The molecule has 1 fully saturated rings. The molecule has 18 heavy (non-hydrogen) atoms. The zero-order valence-electron chi connectivity index (χ0n) is 11.6. The molecule has 2 rings (SSSR count). The molecule has 1 aliphatic heterocycles. The molecular formula is C15H25N3. The monoisotopic (exact) mass is 247 g/mol. The quantitative estimate of drug-likeness (QED) is 0.852. The van der Waals surface area contributed by atoms with Crippen LogP contribution < -0.4 is 5.32 Å². The van der Waals surface area contributed by atoms with Crippen LogP contribution in [0.2, 0.25) is 0 Å². The molecule has 1 atom stereocenters. The summed E-state index contributed by atoms with van der Waals surface area (Å²) in [5.74, 6) is 0. The third-order valence-electron chi connectivity index (χ3n) is 3.88. The van der Waals surface area contributed by atoms with Crippen molar-refractivity contribution in [1.29, 1.82) is 0 Å². The zero-order valence-corrected chi connectivity index (χ0v) is 11.6. The summed E-state index contributed by atoms with van der Waals surface area (Å²) in [6.07, 6.45) is 0. The van der Waals surface area contributed by atoms with Gasteiger partial charge in [-0.05, 0) is 19.2 Å². The average Bonchev–Trinajstić information content (AvgIpc) is 2.46. The molecule has 0 saturated carbocycles. The van der Waals surface area contributed by atoms with Crippen LogP contribution in [0.15, 0.2) is 30.3 Å². The molecule has 3 nitrogen and oxygen atoms in total. The Morgan fingerprint density at radius 3 is 2.33 bits per heavy atom. The number of nitrogens with one attached hydrogen (secondary N) is 1. The van der Waals surface area contributed by atoms with Gasteiger partial charge >= 0.3 is 0 Å². The van der Waals surface area contributed by atoms with Gasteiger partial charge in [0, 0.05) is 38.8 Å². The molecule has 1 N–H and O–H groups in total. The third kappa shape index (κ3) is 3.31. The molecule has 1 heterocycles. The highest BCUT2D eigenvalue weighted by Gasteiger charge is 2.23. The van der Waals surface area contributed by atoms with Crippen LogP contribution >= 0.6 is 0 Å². The lowest BCUT2D eigenvalue weighted by atomic mass is 10.0. The van der Waals surface area contributed by atoms with E-state index in [4.69, 9.17) is 0 Å². The van der Waals surface area contributed by atoms with Crippen molar-refractivity contribution < 1.29 is 0 Å². The van der Waals surface area contributed by atoms with Crippen LogP contribution in [0.4, 0.5) is 0 Å². The molecule has 0 aliphatic carbocycles. The molecular weight excluding hydrogens is 222 g/mol. The Balaban J connectivity index is 2.02. The topological polar surface area (TPSA) is 18.5 Å². The fourth-order valence-corrected chi connectivity index (χ4v) is 2.72. The van der Waals surface area contributed by atoms with Crippen LogP contribution in [-0.4, -0.2) is 56.1 Å². The van der Waals surface area contributed by atoms with E-state index < -0.39 is 0 Å². The van der Waals surface area contributed by atoms with E-state index in [0.717, 1.165) is 6.54 Å². The Morgan fingerprint density at radius 2 is 1.78 bits per heavy atom. The van der Waals surface area contributed by atoms with Gasteiger partial charge in [0.25, 0.3) is 0 Å². The Kier molecular flexibility index (Phi) is 5.17. The van der Waals surface area contributed by atoms with Gasteiger partial charge in [0.05, 0.1) is 0 Å². The Bertz CT molecular complexity index is 331. The molecule has 0 radical (unpaired) electrons. The lowest BCUT2D eigenvalue weighted by Gasteiger charge is -2.39. The lowest BCUT2D eigenvalue weighted by Crippen LogP contribution is -2.49. The van der Waals surface area contributed by atoms with E-state index in [1.165, 1.54) is 38.3 Å². The highest BCUT2D eigenvalue weighted by molar-refractivity contribution is 5.19. The first-order chi connectivity index (χ1) is 8.85. The molecule has 0 aromatic heterocycles. The maximum Gasteiger partial charge on any atom is 0.0473 e. The summed E-state index contributed by atoms with van der Waals surface area (Å²) in [5, 5.41) is 3.33. The molecule has 0 spiro atoms. The van der Waals surface area contributed by atoms with Crippen molar-refractivity contribution >= 4 is 0 Å². The molecule has 0 bridgehead atoms. The summed E-state index contributed by atoms with van der Waals surface area (Å²) < 4.78 is 0.